The first-order chi connectivity index (χ1) is 15.3. The smallest absolute Gasteiger partial charge is 0.275 e. The zero-order valence-corrected chi connectivity index (χ0v) is 17.3. The van der Waals surface area contributed by atoms with Crippen LogP contribution in [0.4, 0.5) is 0 Å². The minimum Gasteiger partial charge on any atom is -0.337 e. The van der Waals surface area contributed by atoms with Crippen LogP contribution in [0.25, 0.3) is 5.65 Å². The molecule has 0 radical (unpaired) electrons. The Morgan fingerprint density at radius 2 is 1.55 bits per heavy atom. The van der Waals surface area contributed by atoms with Gasteiger partial charge in [-0.3, -0.25) is 4.79 Å². The van der Waals surface area contributed by atoms with E-state index in [2.05, 4.69) is 40.3 Å². The lowest BCUT2D eigenvalue weighted by molar-refractivity contribution is 0.0706. The number of aromatic nitrogens is 3. The molecule has 31 heavy (non-hydrogen) atoms. The van der Waals surface area contributed by atoms with E-state index >= 15 is 0 Å². The highest BCUT2D eigenvalue weighted by atomic mass is 16.2. The van der Waals surface area contributed by atoms with Crippen LogP contribution in [0, 0.1) is 12.3 Å². The molecule has 3 heterocycles. The first-order valence-corrected chi connectivity index (χ1v) is 10.4. The second-order valence-corrected chi connectivity index (χ2v) is 7.39. The molecule has 5 nitrogen and oxygen atoms in total. The number of nitrogens with zero attached hydrogens (tertiary/aromatic N) is 4. The van der Waals surface area contributed by atoms with Gasteiger partial charge in [-0.25, -0.2) is 9.50 Å². The van der Waals surface area contributed by atoms with Gasteiger partial charge in [0.15, 0.2) is 11.3 Å². The molecule has 0 N–H and O–H groups in total. The van der Waals surface area contributed by atoms with Crippen LogP contribution in [0.15, 0.2) is 85.2 Å². The standard InChI is InChI=1S/C20H18N4O.C6H6/c1-2-17-18(22-24-12-6-11-21-19(17)24)20(25)23-13-9-16(10-14-23)15-7-4-3-5-8-15;1-2-4-6-5-3-1/h1,3-8,11-12,16H,9-10,13-14H2;1-6H. The fraction of sp³-hybridized carbons (Fsp3) is 0.192. The van der Waals surface area contributed by atoms with Gasteiger partial charge in [-0.15, -0.1) is 6.42 Å². The number of piperidine rings is 1. The second kappa shape index (κ2) is 9.73. The number of terminal acetylenes is 1. The zero-order chi connectivity index (χ0) is 21.5. The van der Waals surface area contributed by atoms with Crippen LogP contribution >= 0.6 is 0 Å². The Balaban J connectivity index is 0.000000334. The third-order valence-electron chi connectivity index (χ3n) is 5.46. The van der Waals surface area contributed by atoms with Gasteiger partial charge in [0, 0.05) is 25.5 Å². The van der Waals surface area contributed by atoms with Crippen molar-refractivity contribution in [2.75, 3.05) is 13.1 Å². The summed E-state index contributed by atoms with van der Waals surface area (Å²) in [6, 6.07) is 24.2. The average molecular weight is 409 g/mol. The fourth-order valence-corrected chi connectivity index (χ4v) is 3.85. The zero-order valence-electron chi connectivity index (χ0n) is 17.3. The average Bonchev–Trinajstić information content (AvgIpc) is 3.24. The highest BCUT2D eigenvalue weighted by Crippen LogP contribution is 2.28. The van der Waals surface area contributed by atoms with E-state index in [4.69, 9.17) is 6.42 Å². The van der Waals surface area contributed by atoms with E-state index in [1.807, 2.05) is 47.4 Å². The monoisotopic (exact) mass is 408 g/mol. The lowest BCUT2D eigenvalue weighted by Crippen LogP contribution is -2.38. The fourth-order valence-electron chi connectivity index (χ4n) is 3.85. The topological polar surface area (TPSA) is 50.5 Å². The number of benzene rings is 2. The summed E-state index contributed by atoms with van der Waals surface area (Å²) in [5.74, 6) is 2.97. The van der Waals surface area contributed by atoms with Gasteiger partial charge in [0.2, 0.25) is 0 Å². The van der Waals surface area contributed by atoms with Crippen molar-refractivity contribution in [3.05, 3.63) is 102 Å². The Hall–Kier alpha value is -3.91. The molecule has 2 aromatic heterocycles. The maximum Gasteiger partial charge on any atom is 0.275 e. The molecule has 4 aromatic rings. The Morgan fingerprint density at radius 3 is 2.16 bits per heavy atom. The Kier molecular flexibility index (Phi) is 6.39. The Bertz CT molecular complexity index is 1140. The molecule has 1 saturated heterocycles. The van der Waals surface area contributed by atoms with E-state index in [9.17, 15) is 4.79 Å². The van der Waals surface area contributed by atoms with Crippen molar-refractivity contribution in [3.8, 4) is 12.3 Å². The summed E-state index contributed by atoms with van der Waals surface area (Å²) in [4.78, 5) is 19.0. The maximum atomic E-state index is 12.9. The molecule has 0 unspecified atom stereocenters. The lowest BCUT2D eigenvalue weighted by atomic mass is 9.89. The van der Waals surface area contributed by atoms with Crippen LogP contribution in [-0.4, -0.2) is 38.5 Å². The van der Waals surface area contributed by atoms with E-state index in [0.717, 1.165) is 12.8 Å². The number of fused-ring (bicyclic) bond motifs is 1. The van der Waals surface area contributed by atoms with Gasteiger partial charge in [-0.1, -0.05) is 72.7 Å². The third-order valence-corrected chi connectivity index (χ3v) is 5.46. The Labute approximate surface area is 182 Å². The molecule has 0 atom stereocenters. The first-order valence-electron chi connectivity index (χ1n) is 10.4. The predicted octanol–water partition coefficient (Wildman–Crippen LogP) is 4.42. The summed E-state index contributed by atoms with van der Waals surface area (Å²) < 4.78 is 1.57. The normalized spacial score (nSPS) is 13.8. The van der Waals surface area contributed by atoms with Crippen molar-refractivity contribution >= 4 is 11.6 Å². The predicted molar refractivity (Wildman–Crippen MR) is 122 cm³/mol. The Morgan fingerprint density at radius 1 is 0.935 bits per heavy atom. The van der Waals surface area contributed by atoms with Gasteiger partial charge >= 0.3 is 0 Å². The minimum absolute atomic E-state index is 0.107. The van der Waals surface area contributed by atoms with Gasteiger partial charge in [0.05, 0.1) is 0 Å². The van der Waals surface area contributed by atoms with Crippen LogP contribution < -0.4 is 0 Å². The van der Waals surface area contributed by atoms with Gasteiger partial charge in [-0.2, -0.15) is 5.10 Å². The summed E-state index contributed by atoms with van der Waals surface area (Å²) in [7, 11) is 0. The molecule has 0 aliphatic carbocycles. The SMILES string of the molecule is C#Cc1c(C(=O)N2CCC(c3ccccc3)CC2)nn2cccnc12.c1ccccc1. The molecular formula is C26H24N4O. The maximum absolute atomic E-state index is 12.9. The van der Waals surface area contributed by atoms with Gasteiger partial charge in [0.25, 0.3) is 5.91 Å². The molecule has 0 spiro atoms. The number of likely N-dealkylation sites (tertiary alicyclic amines) is 1. The van der Waals surface area contributed by atoms with Crippen molar-refractivity contribution in [1.29, 1.82) is 0 Å². The number of hydrogen-bond acceptors (Lipinski definition) is 3. The number of rotatable bonds is 2. The van der Waals surface area contributed by atoms with E-state index < -0.39 is 0 Å². The molecule has 1 amide bonds. The summed E-state index contributed by atoms with van der Waals surface area (Å²) in [5, 5.41) is 4.36. The van der Waals surface area contributed by atoms with Crippen LogP contribution in [0.1, 0.15) is 40.4 Å². The van der Waals surface area contributed by atoms with Crippen LogP contribution in [-0.2, 0) is 0 Å². The lowest BCUT2D eigenvalue weighted by Gasteiger charge is -2.31. The molecule has 5 heteroatoms. The van der Waals surface area contributed by atoms with Crippen LogP contribution in [0.5, 0.6) is 0 Å². The molecule has 2 aromatic carbocycles. The van der Waals surface area contributed by atoms with Crippen molar-refractivity contribution in [1.82, 2.24) is 19.5 Å². The molecule has 0 bridgehead atoms. The highest BCUT2D eigenvalue weighted by Gasteiger charge is 2.28. The van der Waals surface area contributed by atoms with Crippen molar-refractivity contribution in [2.24, 2.45) is 0 Å². The van der Waals surface area contributed by atoms with Crippen molar-refractivity contribution < 1.29 is 4.79 Å². The molecule has 154 valence electrons. The highest BCUT2D eigenvalue weighted by molar-refractivity contribution is 5.96. The van der Waals surface area contributed by atoms with Crippen molar-refractivity contribution in [3.63, 3.8) is 0 Å². The number of carbonyl (C=O) groups excluding carboxylic acids is 1. The summed E-state index contributed by atoms with van der Waals surface area (Å²) in [5.41, 5.74) is 2.68. The number of amides is 1. The molecule has 1 fully saturated rings. The van der Waals surface area contributed by atoms with E-state index in [1.165, 1.54) is 5.56 Å². The minimum atomic E-state index is -0.107. The van der Waals surface area contributed by atoms with Crippen molar-refractivity contribution in [2.45, 2.75) is 18.8 Å². The van der Waals surface area contributed by atoms with Gasteiger partial charge in [0.1, 0.15) is 5.56 Å². The number of carbonyl (C=O) groups is 1. The van der Waals surface area contributed by atoms with Gasteiger partial charge < -0.3 is 4.90 Å². The molecule has 1 aliphatic rings. The summed E-state index contributed by atoms with van der Waals surface area (Å²) in [6.45, 7) is 1.42. The summed E-state index contributed by atoms with van der Waals surface area (Å²) in [6.07, 6.45) is 10.9. The first kappa shape index (κ1) is 20.4. The number of hydrogen-bond donors (Lipinski definition) is 0. The largest absolute Gasteiger partial charge is 0.337 e. The van der Waals surface area contributed by atoms with E-state index in [-0.39, 0.29) is 5.91 Å². The van der Waals surface area contributed by atoms with Gasteiger partial charge in [-0.05, 0) is 30.4 Å². The molecular weight excluding hydrogens is 384 g/mol. The third kappa shape index (κ3) is 4.65. The quantitative estimate of drug-likeness (QED) is 0.462. The second-order valence-electron chi connectivity index (χ2n) is 7.39. The summed E-state index contributed by atoms with van der Waals surface area (Å²) >= 11 is 0. The molecule has 5 rings (SSSR count). The molecule has 0 saturated carbocycles. The molecule has 1 aliphatic heterocycles. The van der Waals surface area contributed by atoms with E-state index in [0.29, 0.717) is 35.9 Å². The van der Waals surface area contributed by atoms with Crippen LogP contribution in [0.3, 0.4) is 0 Å². The van der Waals surface area contributed by atoms with Crippen LogP contribution in [0.2, 0.25) is 0 Å². The van der Waals surface area contributed by atoms with E-state index in [1.54, 1.807) is 23.0 Å².